The van der Waals surface area contributed by atoms with Gasteiger partial charge in [0, 0.05) is 0 Å². The van der Waals surface area contributed by atoms with E-state index in [9.17, 15) is 10.1 Å². The van der Waals surface area contributed by atoms with Gasteiger partial charge in [0.15, 0.2) is 5.17 Å². The van der Waals surface area contributed by atoms with Gasteiger partial charge >= 0.3 is 5.97 Å². The molecule has 0 amide bonds. The third-order valence-electron chi connectivity index (χ3n) is 5.12. The van der Waals surface area contributed by atoms with Crippen LogP contribution in [0.3, 0.4) is 0 Å². The van der Waals surface area contributed by atoms with Gasteiger partial charge in [-0.05, 0) is 48.9 Å². The van der Waals surface area contributed by atoms with Crippen molar-refractivity contribution in [1.82, 2.24) is 4.90 Å². The van der Waals surface area contributed by atoms with Crippen molar-refractivity contribution in [2.75, 3.05) is 6.61 Å². The first-order valence-corrected chi connectivity index (χ1v) is 10.9. The zero-order valence-electron chi connectivity index (χ0n) is 17.7. The maximum atomic E-state index is 12.8. The summed E-state index contributed by atoms with van der Waals surface area (Å²) in [5, 5.41) is 10.0. The number of allylic oxidation sites excluding steroid dienone is 2. The fourth-order valence-electron chi connectivity index (χ4n) is 3.61. The van der Waals surface area contributed by atoms with E-state index in [1.165, 1.54) is 11.8 Å². The molecule has 0 fully saturated rings. The second-order valence-electron chi connectivity index (χ2n) is 7.16. The summed E-state index contributed by atoms with van der Waals surface area (Å²) in [5.74, 6) is 0.531. The third-order valence-corrected chi connectivity index (χ3v) is 6.09. The van der Waals surface area contributed by atoms with E-state index in [0.717, 1.165) is 11.1 Å². The number of nitrogens with two attached hydrogens (primary N) is 1. The Hall–Kier alpha value is -3.70. The van der Waals surface area contributed by atoms with Crippen molar-refractivity contribution in [3.63, 3.8) is 0 Å². The van der Waals surface area contributed by atoms with Crippen LogP contribution in [-0.2, 0) is 16.1 Å². The minimum atomic E-state index is -0.553. The van der Waals surface area contributed by atoms with Crippen LogP contribution in [0.1, 0.15) is 31.0 Å². The number of benzene rings is 2. The van der Waals surface area contributed by atoms with Crippen LogP contribution >= 0.6 is 11.8 Å². The molecule has 4 rings (SSSR count). The molecule has 32 heavy (non-hydrogen) atoms. The highest BCUT2D eigenvalue weighted by atomic mass is 32.2. The average Bonchev–Trinajstić information content (AvgIpc) is 3.13. The standard InChI is InChI=1S/C24H22N4O3S/c1-3-30-23(29)20-15(2)27-24-28(22(26)19(13-25)32-24)21(20)17-9-11-18(12-10-17)31-14-16-7-5-4-6-8-16/h4-12,21H,3,14,26H2,1-2H3/t21-/m1/s1. The largest absolute Gasteiger partial charge is 0.489 e. The van der Waals surface area contributed by atoms with Crippen molar-refractivity contribution < 1.29 is 14.3 Å². The number of hydrogen-bond donors (Lipinski definition) is 1. The zero-order chi connectivity index (χ0) is 22.7. The van der Waals surface area contributed by atoms with E-state index in [0.29, 0.717) is 33.7 Å². The molecule has 0 aliphatic carbocycles. The average molecular weight is 447 g/mol. The van der Waals surface area contributed by atoms with Gasteiger partial charge in [0.2, 0.25) is 0 Å². The minimum Gasteiger partial charge on any atom is -0.489 e. The molecule has 1 atom stereocenters. The molecular weight excluding hydrogens is 424 g/mol. The summed E-state index contributed by atoms with van der Waals surface area (Å²) in [5.41, 5.74) is 9.11. The maximum Gasteiger partial charge on any atom is 0.338 e. The van der Waals surface area contributed by atoms with Gasteiger partial charge in [0.05, 0.1) is 23.9 Å². The Kier molecular flexibility index (Phi) is 6.19. The Morgan fingerprint density at radius 3 is 2.59 bits per heavy atom. The van der Waals surface area contributed by atoms with Crippen molar-refractivity contribution in [2.24, 2.45) is 10.7 Å². The molecule has 0 bridgehead atoms. The molecule has 2 aromatic carbocycles. The first kappa shape index (κ1) is 21.5. The van der Waals surface area contributed by atoms with E-state index >= 15 is 0 Å². The van der Waals surface area contributed by atoms with Crippen molar-refractivity contribution >= 4 is 22.9 Å². The molecule has 2 heterocycles. The number of thioether (sulfide) groups is 1. The second kappa shape index (κ2) is 9.20. The number of amidine groups is 1. The van der Waals surface area contributed by atoms with Crippen LogP contribution in [0.5, 0.6) is 5.75 Å². The number of carbonyl (C=O) groups excluding carboxylic acids is 1. The number of fused-ring (bicyclic) bond motifs is 1. The molecule has 2 aromatic rings. The number of nitrogens with zero attached hydrogens (tertiary/aromatic N) is 3. The third kappa shape index (κ3) is 4.07. The lowest BCUT2D eigenvalue weighted by Crippen LogP contribution is -2.38. The highest BCUT2D eigenvalue weighted by Gasteiger charge is 2.42. The van der Waals surface area contributed by atoms with Gasteiger partial charge in [-0.15, -0.1) is 0 Å². The Morgan fingerprint density at radius 2 is 1.94 bits per heavy atom. The molecule has 0 unspecified atom stereocenters. The molecule has 0 spiro atoms. The van der Waals surface area contributed by atoms with Gasteiger partial charge in [0.25, 0.3) is 0 Å². The van der Waals surface area contributed by atoms with E-state index in [1.54, 1.807) is 18.7 Å². The smallest absolute Gasteiger partial charge is 0.338 e. The minimum absolute atomic E-state index is 0.245. The number of carbonyl (C=O) groups is 1. The van der Waals surface area contributed by atoms with Crippen LogP contribution < -0.4 is 10.5 Å². The van der Waals surface area contributed by atoms with Crippen LogP contribution in [0, 0.1) is 11.3 Å². The number of nitriles is 1. The van der Waals surface area contributed by atoms with Crippen molar-refractivity contribution in [2.45, 2.75) is 26.5 Å². The molecule has 8 heteroatoms. The Labute approximate surface area is 190 Å². The van der Waals surface area contributed by atoms with Gasteiger partial charge in [-0.1, -0.05) is 42.5 Å². The first-order chi connectivity index (χ1) is 15.5. The van der Waals surface area contributed by atoms with Crippen LogP contribution in [0.2, 0.25) is 0 Å². The van der Waals surface area contributed by atoms with Gasteiger partial charge in [-0.2, -0.15) is 5.26 Å². The number of aliphatic imine (C=N–C) groups is 1. The first-order valence-electron chi connectivity index (χ1n) is 10.1. The van der Waals surface area contributed by atoms with Gasteiger partial charge in [0.1, 0.15) is 29.2 Å². The molecule has 0 radical (unpaired) electrons. The summed E-state index contributed by atoms with van der Waals surface area (Å²) in [6.45, 7) is 4.22. The van der Waals surface area contributed by atoms with Crippen LogP contribution in [0.25, 0.3) is 0 Å². The topological polar surface area (TPSA) is 101 Å². The van der Waals surface area contributed by atoms with E-state index in [1.807, 2.05) is 54.6 Å². The fourth-order valence-corrected chi connectivity index (χ4v) is 4.53. The van der Waals surface area contributed by atoms with Crippen molar-refractivity contribution in [1.29, 1.82) is 5.26 Å². The SMILES string of the molecule is CCOC(=O)C1=C(C)N=C2SC(C#N)=C(N)N2[C@@H]1c1ccc(OCc2ccccc2)cc1. The lowest BCUT2D eigenvalue weighted by Gasteiger charge is -2.34. The van der Waals surface area contributed by atoms with Crippen LogP contribution in [0.4, 0.5) is 0 Å². The molecule has 0 saturated heterocycles. The monoisotopic (exact) mass is 446 g/mol. The molecule has 2 aliphatic heterocycles. The molecule has 7 nitrogen and oxygen atoms in total. The van der Waals surface area contributed by atoms with Crippen molar-refractivity contribution in [3.8, 4) is 11.8 Å². The highest BCUT2D eigenvalue weighted by molar-refractivity contribution is 8.17. The lowest BCUT2D eigenvalue weighted by atomic mass is 9.94. The normalized spacial score (nSPS) is 17.6. The number of rotatable bonds is 6. The summed E-state index contributed by atoms with van der Waals surface area (Å²) in [7, 11) is 0. The van der Waals surface area contributed by atoms with Crippen LogP contribution in [0.15, 0.2) is 81.6 Å². The van der Waals surface area contributed by atoms with E-state index in [-0.39, 0.29) is 12.4 Å². The zero-order valence-corrected chi connectivity index (χ0v) is 18.6. The van der Waals surface area contributed by atoms with Crippen molar-refractivity contribution in [3.05, 3.63) is 87.7 Å². The summed E-state index contributed by atoms with van der Waals surface area (Å²) in [6.07, 6.45) is 0. The summed E-state index contributed by atoms with van der Waals surface area (Å²) in [6, 6.07) is 19.0. The number of ether oxygens (including phenoxy) is 2. The van der Waals surface area contributed by atoms with Gasteiger partial charge in [-0.3, -0.25) is 4.90 Å². The van der Waals surface area contributed by atoms with E-state index < -0.39 is 12.0 Å². The van der Waals surface area contributed by atoms with Crippen LogP contribution in [-0.4, -0.2) is 22.6 Å². The molecule has 2 N–H and O–H groups in total. The number of esters is 1. The van der Waals surface area contributed by atoms with E-state index in [4.69, 9.17) is 15.2 Å². The predicted octanol–water partition coefficient (Wildman–Crippen LogP) is 4.21. The Balaban J connectivity index is 1.66. The van der Waals surface area contributed by atoms with E-state index in [2.05, 4.69) is 11.1 Å². The predicted molar refractivity (Wildman–Crippen MR) is 123 cm³/mol. The van der Waals surface area contributed by atoms with Gasteiger partial charge < -0.3 is 15.2 Å². The number of hydrogen-bond acceptors (Lipinski definition) is 8. The fraction of sp³-hybridized carbons (Fsp3) is 0.208. The summed E-state index contributed by atoms with van der Waals surface area (Å²) in [4.78, 5) is 19.4. The summed E-state index contributed by atoms with van der Waals surface area (Å²) >= 11 is 1.20. The molecule has 2 aliphatic rings. The Bertz CT molecular complexity index is 1160. The second-order valence-corrected chi connectivity index (χ2v) is 8.14. The molecule has 162 valence electrons. The quantitative estimate of drug-likeness (QED) is 0.663. The molecular formula is C24H22N4O3S. The summed E-state index contributed by atoms with van der Waals surface area (Å²) < 4.78 is 11.2. The van der Waals surface area contributed by atoms with Gasteiger partial charge in [-0.25, -0.2) is 9.79 Å². The lowest BCUT2D eigenvalue weighted by molar-refractivity contribution is -0.139. The maximum absolute atomic E-state index is 12.8. The molecule has 0 aromatic heterocycles. The molecule has 0 saturated carbocycles. The highest BCUT2D eigenvalue weighted by Crippen LogP contribution is 2.45. The Morgan fingerprint density at radius 1 is 1.22 bits per heavy atom.